The molecule has 0 radical (unpaired) electrons. The Hall–Kier alpha value is -1.88. The Labute approximate surface area is 124 Å². The molecule has 0 fully saturated rings. The second-order valence-electron chi connectivity index (χ2n) is 4.05. The Morgan fingerprint density at radius 3 is 2.65 bits per heavy atom. The Balaban J connectivity index is 2.19. The molecule has 2 rings (SSSR count). The van der Waals surface area contributed by atoms with Gasteiger partial charge in [-0.3, -0.25) is 4.79 Å². The Kier molecular flexibility index (Phi) is 4.74. The second-order valence-corrected chi connectivity index (χ2v) is 4.97. The number of hydrogen-bond acceptors (Lipinski definition) is 3. The maximum Gasteiger partial charge on any atom is 0.162 e. The van der Waals surface area contributed by atoms with E-state index in [-0.39, 0.29) is 12.4 Å². The van der Waals surface area contributed by atoms with Gasteiger partial charge in [0.2, 0.25) is 0 Å². The van der Waals surface area contributed by atoms with Gasteiger partial charge in [0.05, 0.1) is 7.11 Å². The van der Waals surface area contributed by atoms with E-state index in [4.69, 9.17) is 9.47 Å². The lowest BCUT2D eigenvalue weighted by Crippen LogP contribution is -2.00. The van der Waals surface area contributed by atoms with Gasteiger partial charge in [0.25, 0.3) is 0 Å². The molecule has 0 saturated carbocycles. The topological polar surface area (TPSA) is 35.5 Å². The molecule has 0 N–H and O–H groups in total. The van der Waals surface area contributed by atoms with E-state index in [0.717, 1.165) is 0 Å². The van der Waals surface area contributed by atoms with Crippen molar-refractivity contribution >= 4 is 22.2 Å². The van der Waals surface area contributed by atoms with Crippen molar-refractivity contribution in [3.8, 4) is 11.5 Å². The summed E-state index contributed by atoms with van der Waals surface area (Å²) in [6.45, 7) is 0.0534. The van der Waals surface area contributed by atoms with E-state index in [9.17, 15) is 9.18 Å². The van der Waals surface area contributed by atoms with Crippen LogP contribution in [-0.4, -0.2) is 13.4 Å². The quantitative estimate of drug-likeness (QED) is 0.773. The lowest BCUT2D eigenvalue weighted by atomic mass is 10.2. The first-order valence-electron chi connectivity index (χ1n) is 5.84. The van der Waals surface area contributed by atoms with Crippen LogP contribution >= 0.6 is 15.9 Å². The van der Waals surface area contributed by atoms with Gasteiger partial charge >= 0.3 is 0 Å². The minimum atomic E-state index is -0.357. The standard InChI is InChI=1S/C15H12BrFO3/c1-19-14-5-2-10(8-18)6-15(14)20-9-11-3-4-12(16)7-13(11)17/h2-8H,9H2,1H3. The summed E-state index contributed by atoms with van der Waals surface area (Å²) in [6, 6.07) is 9.56. The van der Waals surface area contributed by atoms with Crippen molar-refractivity contribution in [2.75, 3.05) is 7.11 Å². The summed E-state index contributed by atoms with van der Waals surface area (Å²) in [5.74, 6) is 0.539. The lowest BCUT2D eigenvalue weighted by molar-refractivity contribution is 0.112. The first-order chi connectivity index (χ1) is 9.63. The molecule has 0 aliphatic carbocycles. The van der Waals surface area contributed by atoms with E-state index in [1.54, 1.807) is 30.3 Å². The number of carbonyl (C=O) groups excluding carboxylic acids is 1. The predicted octanol–water partition coefficient (Wildman–Crippen LogP) is 3.99. The zero-order valence-electron chi connectivity index (χ0n) is 10.7. The molecule has 20 heavy (non-hydrogen) atoms. The Morgan fingerprint density at radius 1 is 1.20 bits per heavy atom. The van der Waals surface area contributed by atoms with E-state index in [1.807, 2.05) is 0 Å². The third-order valence-corrected chi connectivity index (χ3v) is 3.22. The zero-order valence-corrected chi connectivity index (χ0v) is 12.3. The first kappa shape index (κ1) is 14.5. The SMILES string of the molecule is COc1ccc(C=O)cc1OCc1ccc(Br)cc1F. The lowest BCUT2D eigenvalue weighted by Gasteiger charge is -2.11. The smallest absolute Gasteiger partial charge is 0.162 e. The van der Waals surface area contributed by atoms with E-state index >= 15 is 0 Å². The minimum absolute atomic E-state index is 0.0534. The van der Waals surface area contributed by atoms with Crippen LogP contribution in [0.3, 0.4) is 0 Å². The van der Waals surface area contributed by atoms with Crippen molar-refractivity contribution < 1.29 is 18.7 Å². The number of ether oxygens (including phenoxy) is 2. The first-order valence-corrected chi connectivity index (χ1v) is 6.63. The van der Waals surface area contributed by atoms with E-state index in [1.165, 1.54) is 13.2 Å². The highest BCUT2D eigenvalue weighted by Crippen LogP contribution is 2.28. The molecule has 3 nitrogen and oxygen atoms in total. The Bertz CT molecular complexity index is 629. The number of benzene rings is 2. The van der Waals surface area contributed by atoms with Gasteiger partial charge in [-0.25, -0.2) is 4.39 Å². The highest BCUT2D eigenvalue weighted by atomic mass is 79.9. The van der Waals surface area contributed by atoms with Gasteiger partial charge in [-0.1, -0.05) is 22.0 Å². The van der Waals surface area contributed by atoms with Crippen molar-refractivity contribution in [1.29, 1.82) is 0 Å². The predicted molar refractivity (Wildman–Crippen MR) is 76.8 cm³/mol. The highest BCUT2D eigenvalue weighted by molar-refractivity contribution is 9.10. The molecule has 0 bridgehead atoms. The van der Waals surface area contributed by atoms with Crippen molar-refractivity contribution in [2.24, 2.45) is 0 Å². The fourth-order valence-electron chi connectivity index (χ4n) is 1.67. The third kappa shape index (κ3) is 3.36. The van der Waals surface area contributed by atoms with Gasteiger partial charge in [0.1, 0.15) is 18.7 Å². The second kappa shape index (κ2) is 6.52. The third-order valence-electron chi connectivity index (χ3n) is 2.72. The molecule has 0 unspecified atom stereocenters. The maximum absolute atomic E-state index is 13.7. The highest BCUT2D eigenvalue weighted by Gasteiger charge is 2.08. The Morgan fingerprint density at radius 2 is 2.00 bits per heavy atom. The maximum atomic E-state index is 13.7. The van der Waals surface area contributed by atoms with Gasteiger partial charge in [-0.05, 0) is 30.3 Å². The van der Waals surface area contributed by atoms with E-state index < -0.39 is 0 Å². The molecule has 2 aromatic rings. The molecule has 0 atom stereocenters. The number of methoxy groups -OCH3 is 1. The summed E-state index contributed by atoms with van der Waals surface area (Å²) in [4.78, 5) is 10.8. The summed E-state index contributed by atoms with van der Waals surface area (Å²) >= 11 is 3.19. The summed E-state index contributed by atoms with van der Waals surface area (Å²) in [5.41, 5.74) is 0.892. The molecule has 0 aliphatic heterocycles. The number of halogens is 2. The van der Waals surface area contributed by atoms with Crippen LogP contribution in [0.2, 0.25) is 0 Å². The largest absolute Gasteiger partial charge is 0.493 e. The van der Waals surface area contributed by atoms with Crippen molar-refractivity contribution in [2.45, 2.75) is 6.61 Å². The summed E-state index contributed by atoms with van der Waals surface area (Å²) < 4.78 is 25.0. The minimum Gasteiger partial charge on any atom is -0.493 e. The zero-order chi connectivity index (χ0) is 14.5. The number of aldehydes is 1. The summed E-state index contributed by atoms with van der Waals surface area (Å²) in [5, 5.41) is 0. The fourth-order valence-corrected chi connectivity index (χ4v) is 2.01. The van der Waals surface area contributed by atoms with Crippen molar-refractivity contribution in [1.82, 2.24) is 0 Å². The molecular weight excluding hydrogens is 327 g/mol. The van der Waals surface area contributed by atoms with Crippen molar-refractivity contribution in [3.63, 3.8) is 0 Å². The van der Waals surface area contributed by atoms with Gasteiger partial charge in [-0.15, -0.1) is 0 Å². The molecule has 104 valence electrons. The molecule has 0 heterocycles. The molecule has 5 heteroatoms. The van der Waals surface area contributed by atoms with Gasteiger partial charge < -0.3 is 9.47 Å². The number of rotatable bonds is 5. The van der Waals surface area contributed by atoms with Gasteiger partial charge in [0, 0.05) is 15.6 Å². The summed E-state index contributed by atoms with van der Waals surface area (Å²) in [6.07, 6.45) is 0.715. The summed E-state index contributed by atoms with van der Waals surface area (Å²) in [7, 11) is 1.50. The molecule has 0 aromatic heterocycles. The number of carbonyl (C=O) groups is 1. The molecule has 0 spiro atoms. The van der Waals surface area contributed by atoms with Gasteiger partial charge in [0.15, 0.2) is 11.5 Å². The van der Waals surface area contributed by atoms with Crippen LogP contribution in [0.4, 0.5) is 4.39 Å². The molecule has 0 aliphatic rings. The van der Waals surface area contributed by atoms with E-state index in [2.05, 4.69) is 15.9 Å². The van der Waals surface area contributed by atoms with Crippen LogP contribution in [0.15, 0.2) is 40.9 Å². The average Bonchev–Trinajstić information content (AvgIpc) is 2.46. The number of hydrogen-bond donors (Lipinski definition) is 0. The van der Waals surface area contributed by atoms with Gasteiger partial charge in [-0.2, -0.15) is 0 Å². The van der Waals surface area contributed by atoms with E-state index in [0.29, 0.717) is 33.4 Å². The normalized spacial score (nSPS) is 10.2. The fraction of sp³-hybridized carbons (Fsp3) is 0.133. The van der Waals surface area contributed by atoms with Crippen LogP contribution in [0.5, 0.6) is 11.5 Å². The molecule has 2 aromatic carbocycles. The van der Waals surface area contributed by atoms with Crippen LogP contribution in [0.1, 0.15) is 15.9 Å². The monoisotopic (exact) mass is 338 g/mol. The van der Waals surface area contributed by atoms with Crippen LogP contribution in [-0.2, 0) is 6.61 Å². The van der Waals surface area contributed by atoms with Crippen LogP contribution in [0, 0.1) is 5.82 Å². The average molecular weight is 339 g/mol. The molecule has 0 amide bonds. The van der Waals surface area contributed by atoms with Crippen molar-refractivity contribution in [3.05, 3.63) is 57.8 Å². The van der Waals surface area contributed by atoms with Crippen LogP contribution in [0.25, 0.3) is 0 Å². The molecular formula is C15H12BrFO3. The molecule has 0 saturated heterocycles. The van der Waals surface area contributed by atoms with Crippen LogP contribution < -0.4 is 9.47 Å².